The van der Waals surface area contributed by atoms with Crippen LogP contribution in [-0.4, -0.2) is 40.0 Å². The first-order chi connectivity index (χ1) is 16.1. The van der Waals surface area contributed by atoms with Crippen molar-refractivity contribution in [1.82, 2.24) is 14.5 Å². The second-order valence-electron chi connectivity index (χ2n) is 7.57. The molecule has 1 N–H and O–H groups in total. The molecule has 0 unspecified atom stereocenters. The molecular formula is C25H27BrN4O3. The minimum absolute atomic E-state index is 0.215. The van der Waals surface area contributed by atoms with E-state index in [-0.39, 0.29) is 18.3 Å². The van der Waals surface area contributed by atoms with Crippen molar-refractivity contribution in [2.75, 3.05) is 25.0 Å². The minimum Gasteiger partial charge on any atom is -0.486 e. The van der Waals surface area contributed by atoms with E-state index in [2.05, 4.69) is 45.0 Å². The van der Waals surface area contributed by atoms with Crippen molar-refractivity contribution in [3.8, 4) is 5.75 Å². The van der Waals surface area contributed by atoms with E-state index in [1.165, 1.54) is 0 Å². The standard InChI is InChI=1S/C25H27BrN4O3/c1-3-29(4-2)15-16-30-22-8-6-5-7-21(22)27-25(30)28-24(31)23-14-13-20(33-23)17-32-19-11-9-18(26)10-12-19/h5-14H,3-4,15-17H2,1-2H3,(H,27,28,31). The predicted octanol–water partition coefficient (Wildman–Crippen LogP) is 5.56. The molecule has 4 rings (SSSR count). The van der Waals surface area contributed by atoms with E-state index in [0.29, 0.717) is 11.7 Å². The van der Waals surface area contributed by atoms with Crippen LogP contribution in [-0.2, 0) is 13.2 Å². The summed E-state index contributed by atoms with van der Waals surface area (Å²) in [7, 11) is 0. The van der Waals surface area contributed by atoms with Gasteiger partial charge in [-0.3, -0.25) is 10.1 Å². The van der Waals surface area contributed by atoms with Crippen LogP contribution in [0.5, 0.6) is 5.75 Å². The van der Waals surface area contributed by atoms with Gasteiger partial charge in [0, 0.05) is 17.6 Å². The van der Waals surface area contributed by atoms with Gasteiger partial charge in [-0.15, -0.1) is 0 Å². The summed E-state index contributed by atoms with van der Waals surface area (Å²) in [5.41, 5.74) is 1.83. The Balaban J connectivity index is 1.46. The second-order valence-corrected chi connectivity index (χ2v) is 8.48. The number of likely N-dealkylation sites (N-methyl/N-ethyl adjacent to an activating group) is 1. The molecule has 172 valence electrons. The number of rotatable bonds is 10. The van der Waals surface area contributed by atoms with Crippen molar-refractivity contribution in [3.63, 3.8) is 0 Å². The fourth-order valence-corrected chi connectivity index (χ4v) is 3.87. The van der Waals surface area contributed by atoms with E-state index in [9.17, 15) is 4.79 Å². The number of halogens is 1. The number of furan rings is 1. The molecule has 4 aromatic rings. The zero-order valence-corrected chi connectivity index (χ0v) is 20.3. The number of para-hydroxylation sites is 2. The molecule has 0 saturated carbocycles. The van der Waals surface area contributed by atoms with Gasteiger partial charge in [0.05, 0.1) is 11.0 Å². The minimum atomic E-state index is -0.343. The maximum absolute atomic E-state index is 12.9. The van der Waals surface area contributed by atoms with Crippen LogP contribution in [0.2, 0.25) is 0 Å². The zero-order valence-electron chi connectivity index (χ0n) is 18.8. The molecule has 0 saturated heterocycles. The number of carbonyl (C=O) groups excluding carboxylic acids is 1. The lowest BCUT2D eigenvalue weighted by Crippen LogP contribution is -2.27. The number of imidazole rings is 1. The second kappa shape index (κ2) is 10.7. The van der Waals surface area contributed by atoms with Crippen LogP contribution in [0.4, 0.5) is 5.95 Å². The van der Waals surface area contributed by atoms with E-state index in [1.807, 2.05) is 53.1 Å². The number of nitrogens with zero attached hydrogens (tertiary/aromatic N) is 3. The lowest BCUT2D eigenvalue weighted by atomic mass is 10.3. The van der Waals surface area contributed by atoms with E-state index >= 15 is 0 Å². The summed E-state index contributed by atoms with van der Waals surface area (Å²) in [6.45, 7) is 8.07. The number of hydrogen-bond acceptors (Lipinski definition) is 5. The average molecular weight is 511 g/mol. The Bertz CT molecular complexity index is 1210. The van der Waals surface area contributed by atoms with Gasteiger partial charge in [0.15, 0.2) is 5.76 Å². The molecular weight excluding hydrogens is 484 g/mol. The molecule has 2 aromatic carbocycles. The maximum atomic E-state index is 12.9. The highest BCUT2D eigenvalue weighted by atomic mass is 79.9. The van der Waals surface area contributed by atoms with E-state index in [1.54, 1.807) is 12.1 Å². The molecule has 0 radical (unpaired) electrons. The van der Waals surface area contributed by atoms with Gasteiger partial charge in [-0.25, -0.2) is 4.98 Å². The highest BCUT2D eigenvalue weighted by Gasteiger charge is 2.17. The molecule has 0 spiro atoms. The number of carbonyl (C=O) groups is 1. The van der Waals surface area contributed by atoms with Gasteiger partial charge in [-0.1, -0.05) is 41.9 Å². The molecule has 0 fully saturated rings. The quantitative estimate of drug-likeness (QED) is 0.302. The zero-order chi connectivity index (χ0) is 23.2. The third kappa shape index (κ3) is 5.64. The first-order valence-electron chi connectivity index (χ1n) is 11.0. The van der Waals surface area contributed by atoms with Crippen LogP contribution in [0.3, 0.4) is 0 Å². The van der Waals surface area contributed by atoms with Crippen LogP contribution in [0.25, 0.3) is 11.0 Å². The molecule has 0 aliphatic rings. The molecule has 2 aromatic heterocycles. The lowest BCUT2D eigenvalue weighted by Gasteiger charge is -2.19. The van der Waals surface area contributed by atoms with Crippen LogP contribution in [0.1, 0.15) is 30.2 Å². The molecule has 7 nitrogen and oxygen atoms in total. The van der Waals surface area contributed by atoms with Gasteiger partial charge < -0.3 is 18.6 Å². The van der Waals surface area contributed by atoms with Gasteiger partial charge >= 0.3 is 0 Å². The summed E-state index contributed by atoms with van der Waals surface area (Å²) in [4.78, 5) is 19.9. The third-order valence-corrected chi connectivity index (χ3v) is 6.02. The van der Waals surface area contributed by atoms with Gasteiger partial charge in [-0.05, 0) is 61.6 Å². The van der Waals surface area contributed by atoms with Gasteiger partial charge in [0.1, 0.15) is 18.1 Å². The number of fused-ring (bicyclic) bond motifs is 1. The first-order valence-corrected chi connectivity index (χ1v) is 11.8. The van der Waals surface area contributed by atoms with Gasteiger partial charge in [-0.2, -0.15) is 0 Å². The predicted molar refractivity (Wildman–Crippen MR) is 133 cm³/mol. The van der Waals surface area contributed by atoms with Crippen molar-refractivity contribution >= 4 is 38.8 Å². The Labute approximate surface area is 201 Å². The Morgan fingerprint density at radius 1 is 1.09 bits per heavy atom. The molecule has 0 atom stereocenters. The smallest absolute Gasteiger partial charge is 0.293 e. The number of nitrogens with one attached hydrogen (secondary N) is 1. The number of aromatic nitrogens is 2. The van der Waals surface area contributed by atoms with Crippen molar-refractivity contribution < 1.29 is 13.9 Å². The molecule has 0 aliphatic carbocycles. The fourth-order valence-electron chi connectivity index (χ4n) is 3.60. The van der Waals surface area contributed by atoms with Crippen LogP contribution < -0.4 is 10.1 Å². The van der Waals surface area contributed by atoms with Gasteiger partial charge in [0.25, 0.3) is 5.91 Å². The first kappa shape index (κ1) is 23.1. The van der Waals surface area contributed by atoms with E-state index < -0.39 is 0 Å². The highest BCUT2D eigenvalue weighted by Crippen LogP contribution is 2.21. The molecule has 0 aliphatic heterocycles. The van der Waals surface area contributed by atoms with E-state index in [0.717, 1.165) is 47.4 Å². The number of benzene rings is 2. The number of ether oxygens (including phenoxy) is 1. The molecule has 0 bridgehead atoms. The van der Waals surface area contributed by atoms with E-state index in [4.69, 9.17) is 9.15 Å². The molecule has 2 heterocycles. The van der Waals surface area contributed by atoms with Gasteiger partial charge in [0.2, 0.25) is 5.95 Å². The molecule has 33 heavy (non-hydrogen) atoms. The fraction of sp³-hybridized carbons (Fsp3) is 0.280. The monoisotopic (exact) mass is 510 g/mol. The topological polar surface area (TPSA) is 72.5 Å². The summed E-state index contributed by atoms with van der Waals surface area (Å²) in [6.07, 6.45) is 0. The Kier molecular flexibility index (Phi) is 7.47. The van der Waals surface area contributed by atoms with Crippen molar-refractivity contribution in [1.29, 1.82) is 0 Å². The largest absolute Gasteiger partial charge is 0.486 e. The number of anilines is 1. The summed E-state index contributed by atoms with van der Waals surface area (Å²) in [5.74, 6) is 1.68. The summed E-state index contributed by atoms with van der Waals surface area (Å²) < 4.78 is 14.5. The summed E-state index contributed by atoms with van der Waals surface area (Å²) in [6, 6.07) is 18.8. The lowest BCUT2D eigenvalue weighted by molar-refractivity contribution is 0.0991. The van der Waals surface area contributed by atoms with Crippen molar-refractivity contribution in [2.24, 2.45) is 0 Å². The SMILES string of the molecule is CCN(CC)CCn1c(NC(=O)c2ccc(COc3ccc(Br)cc3)o2)nc2ccccc21. The third-order valence-electron chi connectivity index (χ3n) is 5.49. The molecule has 8 heteroatoms. The number of amides is 1. The highest BCUT2D eigenvalue weighted by molar-refractivity contribution is 9.10. The summed E-state index contributed by atoms with van der Waals surface area (Å²) in [5, 5.41) is 2.92. The summed E-state index contributed by atoms with van der Waals surface area (Å²) >= 11 is 3.40. The normalized spacial score (nSPS) is 11.3. The Morgan fingerprint density at radius 3 is 2.61 bits per heavy atom. The van der Waals surface area contributed by atoms with Crippen LogP contribution >= 0.6 is 15.9 Å². The van der Waals surface area contributed by atoms with Crippen LogP contribution in [0.15, 0.2) is 69.6 Å². The average Bonchev–Trinajstić information content (AvgIpc) is 3.44. The van der Waals surface area contributed by atoms with Crippen LogP contribution in [0, 0.1) is 0 Å². The maximum Gasteiger partial charge on any atom is 0.293 e. The van der Waals surface area contributed by atoms with Crippen molar-refractivity contribution in [3.05, 3.63) is 76.7 Å². The molecule has 1 amide bonds. The Hall–Kier alpha value is -3.10. The van der Waals surface area contributed by atoms with Crippen molar-refractivity contribution in [2.45, 2.75) is 27.0 Å². The number of hydrogen-bond donors (Lipinski definition) is 1. The Morgan fingerprint density at radius 2 is 1.85 bits per heavy atom.